The Morgan fingerprint density at radius 3 is 2.32 bits per heavy atom. The van der Waals surface area contributed by atoms with Crippen molar-refractivity contribution in [3.05, 3.63) is 0 Å². The summed E-state index contributed by atoms with van der Waals surface area (Å²) in [5.74, 6) is 0. The van der Waals surface area contributed by atoms with Gasteiger partial charge in [0.25, 0.3) is 0 Å². The van der Waals surface area contributed by atoms with Crippen molar-refractivity contribution in [3.8, 4) is 6.07 Å². The van der Waals surface area contributed by atoms with Gasteiger partial charge >= 0.3 is 0 Å². The van der Waals surface area contributed by atoms with Crippen LogP contribution in [0, 0.1) is 11.3 Å². The van der Waals surface area contributed by atoms with Crippen molar-refractivity contribution in [2.45, 2.75) is 31.3 Å². The van der Waals surface area contributed by atoms with Gasteiger partial charge in [-0.3, -0.25) is 10.2 Å². The van der Waals surface area contributed by atoms with Crippen molar-refractivity contribution in [3.63, 3.8) is 0 Å². The summed E-state index contributed by atoms with van der Waals surface area (Å²) in [5.41, 5.74) is -0.533. The van der Waals surface area contributed by atoms with Crippen LogP contribution in [0.15, 0.2) is 0 Å². The van der Waals surface area contributed by atoms with E-state index < -0.39 is 15.6 Å². The van der Waals surface area contributed by atoms with Gasteiger partial charge in [-0.1, -0.05) is 0 Å². The van der Waals surface area contributed by atoms with Crippen molar-refractivity contribution < 1.29 is 8.42 Å². The molecule has 0 aromatic heterocycles. The van der Waals surface area contributed by atoms with E-state index in [1.165, 1.54) is 10.6 Å². The molecule has 0 amide bonds. The van der Waals surface area contributed by atoms with Gasteiger partial charge in [0.2, 0.25) is 10.0 Å². The molecule has 2 aliphatic rings. The van der Waals surface area contributed by atoms with Gasteiger partial charge in [-0.25, -0.2) is 8.42 Å². The summed E-state index contributed by atoms with van der Waals surface area (Å²) in [7, 11) is -3.08. The van der Waals surface area contributed by atoms with E-state index in [2.05, 4.69) is 16.3 Å². The van der Waals surface area contributed by atoms with Crippen LogP contribution in [0.5, 0.6) is 0 Å². The van der Waals surface area contributed by atoms with Crippen LogP contribution in [0.1, 0.15) is 19.8 Å². The van der Waals surface area contributed by atoms with Gasteiger partial charge in [0.15, 0.2) is 0 Å². The number of hydrogen-bond acceptors (Lipinski definition) is 5. The fraction of sp³-hybridized carbons (Fsp3) is 0.917. The Balaban J connectivity index is 1.86. The third kappa shape index (κ3) is 4.14. The topological polar surface area (TPSA) is 76.4 Å². The summed E-state index contributed by atoms with van der Waals surface area (Å²) in [4.78, 5) is 2.17. The second-order valence-electron chi connectivity index (χ2n) is 5.80. The molecule has 6 nitrogen and oxygen atoms in total. The van der Waals surface area contributed by atoms with Crippen molar-refractivity contribution in [1.29, 1.82) is 5.26 Å². The van der Waals surface area contributed by atoms with Crippen LogP contribution < -0.4 is 5.32 Å². The summed E-state index contributed by atoms with van der Waals surface area (Å²) >= 11 is 0. The molecule has 108 valence electrons. The van der Waals surface area contributed by atoms with Gasteiger partial charge in [0.1, 0.15) is 5.54 Å². The number of sulfonamides is 1. The van der Waals surface area contributed by atoms with Crippen LogP contribution >= 0.6 is 0 Å². The molecule has 1 N–H and O–H groups in total. The zero-order valence-electron chi connectivity index (χ0n) is 11.6. The third-order valence-corrected chi connectivity index (χ3v) is 4.99. The molecule has 1 saturated carbocycles. The zero-order chi connectivity index (χ0) is 14.1. The molecule has 7 heteroatoms. The van der Waals surface area contributed by atoms with Crippen molar-refractivity contribution >= 4 is 10.0 Å². The smallest absolute Gasteiger partial charge is 0.211 e. The minimum Gasteiger partial charge on any atom is -0.298 e. The first kappa shape index (κ1) is 14.7. The van der Waals surface area contributed by atoms with E-state index >= 15 is 0 Å². The summed E-state index contributed by atoms with van der Waals surface area (Å²) in [6.07, 6.45) is 3.55. The van der Waals surface area contributed by atoms with Crippen LogP contribution in [-0.2, 0) is 10.0 Å². The number of nitriles is 1. The highest BCUT2D eigenvalue weighted by molar-refractivity contribution is 7.88. The largest absolute Gasteiger partial charge is 0.298 e. The van der Waals surface area contributed by atoms with E-state index in [0.717, 1.165) is 12.8 Å². The molecule has 0 bridgehead atoms. The molecule has 0 aromatic rings. The van der Waals surface area contributed by atoms with Crippen LogP contribution in [0.25, 0.3) is 0 Å². The summed E-state index contributed by atoms with van der Waals surface area (Å²) < 4.78 is 24.4. The normalized spacial score (nSPS) is 25.7. The molecule has 0 radical (unpaired) electrons. The highest BCUT2D eigenvalue weighted by atomic mass is 32.2. The average molecular weight is 286 g/mol. The first-order chi connectivity index (χ1) is 8.82. The average Bonchev–Trinajstić information content (AvgIpc) is 3.12. The van der Waals surface area contributed by atoms with E-state index in [4.69, 9.17) is 0 Å². The van der Waals surface area contributed by atoms with Crippen LogP contribution in [-0.4, -0.2) is 68.2 Å². The molecular formula is C12H22N4O2S. The van der Waals surface area contributed by atoms with Crippen LogP contribution in [0.3, 0.4) is 0 Å². The molecule has 1 saturated heterocycles. The lowest BCUT2D eigenvalue weighted by molar-refractivity contribution is 0.159. The van der Waals surface area contributed by atoms with Crippen molar-refractivity contribution in [1.82, 2.24) is 14.5 Å². The SMILES string of the molecule is CC(C#N)(CN1CCN(S(C)(=O)=O)CC1)NC1CC1. The predicted octanol–water partition coefficient (Wildman–Crippen LogP) is -0.402. The Morgan fingerprint density at radius 2 is 1.89 bits per heavy atom. The van der Waals surface area contributed by atoms with E-state index in [1.54, 1.807) is 0 Å². The molecule has 19 heavy (non-hydrogen) atoms. The molecule has 1 unspecified atom stereocenters. The number of hydrogen-bond donors (Lipinski definition) is 1. The predicted molar refractivity (Wildman–Crippen MR) is 73.0 cm³/mol. The van der Waals surface area contributed by atoms with E-state index in [9.17, 15) is 13.7 Å². The highest BCUT2D eigenvalue weighted by Gasteiger charge is 2.35. The number of rotatable bonds is 5. The molecule has 1 heterocycles. The van der Waals surface area contributed by atoms with Gasteiger partial charge in [0.05, 0.1) is 12.3 Å². The molecule has 1 atom stereocenters. The lowest BCUT2D eigenvalue weighted by atomic mass is 10.0. The van der Waals surface area contributed by atoms with Gasteiger partial charge in [-0.15, -0.1) is 0 Å². The second-order valence-corrected chi connectivity index (χ2v) is 7.78. The lowest BCUT2D eigenvalue weighted by Gasteiger charge is -2.37. The summed E-state index contributed by atoms with van der Waals surface area (Å²) in [6, 6.07) is 2.84. The third-order valence-electron chi connectivity index (χ3n) is 3.69. The van der Waals surface area contributed by atoms with Crippen molar-refractivity contribution in [2.75, 3.05) is 39.0 Å². The first-order valence-corrected chi connectivity index (χ1v) is 8.54. The Bertz CT molecular complexity index is 461. The molecular weight excluding hydrogens is 264 g/mol. The van der Waals surface area contributed by atoms with Gasteiger partial charge < -0.3 is 0 Å². The zero-order valence-corrected chi connectivity index (χ0v) is 12.4. The Hall–Kier alpha value is -0.680. The van der Waals surface area contributed by atoms with Crippen LogP contribution in [0.2, 0.25) is 0 Å². The maximum absolute atomic E-state index is 11.4. The highest BCUT2D eigenvalue weighted by Crippen LogP contribution is 2.23. The van der Waals surface area contributed by atoms with E-state index in [1.807, 2.05) is 6.92 Å². The van der Waals surface area contributed by atoms with E-state index in [-0.39, 0.29) is 0 Å². The quantitative estimate of drug-likeness (QED) is 0.744. The molecule has 2 rings (SSSR count). The molecule has 1 aliphatic heterocycles. The van der Waals surface area contributed by atoms with Gasteiger partial charge in [-0.2, -0.15) is 9.57 Å². The monoisotopic (exact) mass is 286 g/mol. The Labute approximate surface area is 115 Å². The van der Waals surface area contributed by atoms with Crippen LogP contribution in [0.4, 0.5) is 0 Å². The Morgan fingerprint density at radius 1 is 1.32 bits per heavy atom. The number of piperazine rings is 1. The lowest BCUT2D eigenvalue weighted by Crippen LogP contribution is -2.56. The number of nitrogens with zero attached hydrogens (tertiary/aromatic N) is 3. The fourth-order valence-electron chi connectivity index (χ4n) is 2.46. The summed E-state index contributed by atoms with van der Waals surface area (Å²) in [5, 5.41) is 12.7. The molecule has 0 aromatic carbocycles. The fourth-order valence-corrected chi connectivity index (χ4v) is 3.28. The first-order valence-electron chi connectivity index (χ1n) is 6.69. The maximum Gasteiger partial charge on any atom is 0.211 e. The van der Waals surface area contributed by atoms with E-state index in [0.29, 0.717) is 38.8 Å². The van der Waals surface area contributed by atoms with Crippen molar-refractivity contribution in [2.24, 2.45) is 0 Å². The molecule has 0 spiro atoms. The molecule has 1 aliphatic carbocycles. The minimum absolute atomic E-state index is 0.488. The Kier molecular flexibility index (Phi) is 4.16. The standard InChI is InChI=1S/C12H22N4O2S/c1-12(9-13,14-11-3-4-11)10-15-5-7-16(8-6-15)19(2,17)18/h11,14H,3-8,10H2,1-2H3. The minimum atomic E-state index is -3.08. The maximum atomic E-state index is 11.4. The second kappa shape index (κ2) is 5.37. The molecule has 2 fully saturated rings. The van der Waals surface area contributed by atoms with Gasteiger partial charge in [0, 0.05) is 38.8 Å². The number of nitrogens with one attached hydrogen (secondary N) is 1. The summed E-state index contributed by atoms with van der Waals surface area (Å²) in [6.45, 7) is 4.99. The van der Waals surface area contributed by atoms with Gasteiger partial charge in [-0.05, 0) is 19.8 Å².